The number of aliphatic hydroxyl groups is 2. The lowest BCUT2D eigenvalue weighted by Crippen LogP contribution is -2.58. The van der Waals surface area contributed by atoms with E-state index in [4.69, 9.17) is 18.9 Å². The zero-order valence-corrected chi connectivity index (χ0v) is 14.2. The molecule has 6 atom stereocenters. The van der Waals surface area contributed by atoms with E-state index in [9.17, 15) is 10.2 Å². The van der Waals surface area contributed by atoms with Gasteiger partial charge in [0.15, 0.2) is 12.6 Å². The monoisotopic (exact) mass is 358 g/mol. The van der Waals surface area contributed by atoms with E-state index in [-0.39, 0.29) is 0 Å². The maximum atomic E-state index is 10.3. The molecule has 4 rings (SSSR count). The Morgan fingerprint density at radius 1 is 0.846 bits per heavy atom. The Kier molecular flexibility index (Phi) is 5.31. The van der Waals surface area contributed by atoms with Crippen molar-refractivity contribution in [1.82, 2.24) is 0 Å². The summed E-state index contributed by atoms with van der Waals surface area (Å²) in [6, 6.07) is 19.1. The molecule has 138 valence electrons. The average molecular weight is 358 g/mol. The number of hydrogen-bond donors (Lipinski definition) is 2. The van der Waals surface area contributed by atoms with Gasteiger partial charge in [0.2, 0.25) is 0 Å². The van der Waals surface area contributed by atoms with Crippen molar-refractivity contribution in [1.29, 1.82) is 0 Å². The fourth-order valence-electron chi connectivity index (χ4n) is 3.33. The first-order valence-electron chi connectivity index (χ1n) is 8.73. The maximum absolute atomic E-state index is 10.3. The molecule has 2 fully saturated rings. The minimum absolute atomic E-state index is 0.311. The molecule has 2 aliphatic heterocycles. The number of rotatable bonds is 4. The van der Waals surface area contributed by atoms with Crippen LogP contribution in [0.5, 0.6) is 0 Å². The lowest BCUT2D eigenvalue weighted by molar-refractivity contribution is -0.373. The lowest BCUT2D eigenvalue weighted by atomic mass is 9.99. The second kappa shape index (κ2) is 7.84. The zero-order chi connectivity index (χ0) is 17.9. The minimum atomic E-state index is -1.08. The van der Waals surface area contributed by atoms with Crippen LogP contribution in [0.15, 0.2) is 60.7 Å². The largest absolute Gasteiger partial charge is 0.394 e. The Hall–Kier alpha value is -1.80. The smallest absolute Gasteiger partial charge is 0.184 e. The highest BCUT2D eigenvalue weighted by atomic mass is 16.8. The normalized spacial score (nSPS) is 32.6. The summed E-state index contributed by atoms with van der Waals surface area (Å²) in [6.45, 7) is -0.110. The van der Waals surface area contributed by atoms with Crippen LogP contribution in [0, 0.1) is 0 Å². The molecule has 0 aliphatic carbocycles. The van der Waals surface area contributed by atoms with Crippen molar-refractivity contribution in [2.75, 3.05) is 13.2 Å². The van der Waals surface area contributed by atoms with Gasteiger partial charge < -0.3 is 29.2 Å². The molecule has 26 heavy (non-hydrogen) atoms. The quantitative estimate of drug-likeness (QED) is 0.870. The molecule has 2 saturated heterocycles. The Bertz CT molecular complexity index is 692. The number of ether oxygens (including phenoxy) is 4. The predicted molar refractivity (Wildman–Crippen MR) is 92.0 cm³/mol. The number of aliphatic hydroxyl groups excluding tert-OH is 2. The van der Waals surface area contributed by atoms with Crippen LogP contribution in [0.2, 0.25) is 0 Å². The van der Waals surface area contributed by atoms with Crippen LogP contribution in [-0.4, -0.2) is 47.8 Å². The van der Waals surface area contributed by atoms with Crippen molar-refractivity contribution in [2.24, 2.45) is 0 Å². The molecular formula is C20H22O6. The van der Waals surface area contributed by atoms with Gasteiger partial charge in [0.25, 0.3) is 0 Å². The number of fused-ring (bicyclic) bond motifs is 1. The summed E-state index contributed by atoms with van der Waals surface area (Å²) in [5.74, 6) is 0. The molecule has 0 unspecified atom stereocenters. The van der Waals surface area contributed by atoms with Gasteiger partial charge in [-0.15, -0.1) is 0 Å². The van der Waals surface area contributed by atoms with Crippen molar-refractivity contribution in [2.45, 2.75) is 37.0 Å². The minimum Gasteiger partial charge on any atom is -0.394 e. The first kappa shape index (κ1) is 17.6. The molecule has 2 aromatic rings. The SMILES string of the molecule is OC[C@@H](O)[C@@H]1O[C@H](c2ccccc2)O[C@@H]2CO[C@H](c3ccccc3)O[C@@H]12. The Morgan fingerprint density at radius 2 is 1.46 bits per heavy atom. The molecule has 0 spiro atoms. The summed E-state index contributed by atoms with van der Waals surface area (Å²) >= 11 is 0. The Labute approximate surface area is 151 Å². The predicted octanol–water partition coefficient (Wildman–Crippen LogP) is 1.94. The molecule has 0 radical (unpaired) electrons. The summed E-state index contributed by atoms with van der Waals surface area (Å²) in [5.41, 5.74) is 1.72. The molecule has 2 aromatic carbocycles. The lowest BCUT2D eigenvalue weighted by Gasteiger charge is -2.47. The van der Waals surface area contributed by atoms with Gasteiger partial charge in [0.1, 0.15) is 24.4 Å². The van der Waals surface area contributed by atoms with E-state index in [0.29, 0.717) is 6.61 Å². The topological polar surface area (TPSA) is 77.4 Å². The highest BCUT2D eigenvalue weighted by Gasteiger charge is 2.48. The van der Waals surface area contributed by atoms with Gasteiger partial charge >= 0.3 is 0 Å². The third-order valence-electron chi connectivity index (χ3n) is 4.67. The molecule has 2 N–H and O–H groups in total. The Balaban J connectivity index is 1.56. The van der Waals surface area contributed by atoms with E-state index >= 15 is 0 Å². The third kappa shape index (κ3) is 3.53. The summed E-state index contributed by atoms with van der Waals surface area (Å²) in [7, 11) is 0. The zero-order valence-electron chi connectivity index (χ0n) is 14.2. The van der Waals surface area contributed by atoms with Crippen molar-refractivity contribution in [3.63, 3.8) is 0 Å². The van der Waals surface area contributed by atoms with Gasteiger partial charge in [-0.05, 0) is 0 Å². The highest BCUT2D eigenvalue weighted by Crippen LogP contribution is 2.38. The summed E-state index contributed by atoms with van der Waals surface area (Å²) in [6.07, 6.45) is -3.96. The molecule has 2 heterocycles. The first-order chi connectivity index (χ1) is 12.8. The van der Waals surface area contributed by atoms with E-state index in [2.05, 4.69) is 0 Å². The van der Waals surface area contributed by atoms with Gasteiger partial charge in [0, 0.05) is 11.1 Å². The van der Waals surface area contributed by atoms with Crippen LogP contribution in [0.4, 0.5) is 0 Å². The van der Waals surface area contributed by atoms with Gasteiger partial charge in [-0.25, -0.2) is 0 Å². The van der Waals surface area contributed by atoms with Crippen LogP contribution in [0.25, 0.3) is 0 Å². The van der Waals surface area contributed by atoms with Crippen molar-refractivity contribution >= 4 is 0 Å². The first-order valence-corrected chi connectivity index (χ1v) is 8.73. The van der Waals surface area contributed by atoms with Gasteiger partial charge in [-0.1, -0.05) is 60.7 Å². The maximum Gasteiger partial charge on any atom is 0.184 e. The van der Waals surface area contributed by atoms with E-state index in [1.54, 1.807) is 0 Å². The van der Waals surface area contributed by atoms with Crippen molar-refractivity contribution in [3.8, 4) is 0 Å². The molecule has 6 heteroatoms. The molecule has 2 aliphatic rings. The average Bonchev–Trinajstić information content (AvgIpc) is 2.73. The number of hydrogen-bond acceptors (Lipinski definition) is 6. The molecule has 0 aromatic heterocycles. The van der Waals surface area contributed by atoms with Crippen molar-refractivity contribution in [3.05, 3.63) is 71.8 Å². The van der Waals surface area contributed by atoms with Crippen LogP contribution in [0.3, 0.4) is 0 Å². The second-order valence-electron chi connectivity index (χ2n) is 6.44. The van der Waals surface area contributed by atoms with Crippen LogP contribution in [0.1, 0.15) is 23.7 Å². The Morgan fingerprint density at radius 3 is 2.08 bits per heavy atom. The molecule has 6 nitrogen and oxygen atoms in total. The van der Waals surface area contributed by atoms with Crippen LogP contribution < -0.4 is 0 Å². The highest BCUT2D eigenvalue weighted by molar-refractivity contribution is 5.18. The molecule has 0 bridgehead atoms. The third-order valence-corrected chi connectivity index (χ3v) is 4.67. The van der Waals surface area contributed by atoms with Crippen molar-refractivity contribution < 1.29 is 29.2 Å². The van der Waals surface area contributed by atoms with Crippen LogP contribution in [-0.2, 0) is 18.9 Å². The summed E-state index contributed by atoms with van der Waals surface area (Å²) in [4.78, 5) is 0. The summed E-state index contributed by atoms with van der Waals surface area (Å²) in [5, 5.41) is 19.8. The molecule has 0 saturated carbocycles. The standard InChI is InChI=1S/C20H22O6/c21-11-15(22)17-18-16(24-20(25-17)14-9-5-2-6-10-14)12-23-19(26-18)13-7-3-1-4-8-13/h1-10,15-22H,11-12H2/t15-,16-,17+,18-,19+,20-/m1/s1. The van der Waals surface area contributed by atoms with Gasteiger partial charge in [-0.2, -0.15) is 0 Å². The molecular weight excluding hydrogens is 336 g/mol. The molecule has 0 amide bonds. The number of benzene rings is 2. The van der Waals surface area contributed by atoms with E-state index in [0.717, 1.165) is 11.1 Å². The van der Waals surface area contributed by atoms with E-state index < -0.39 is 43.6 Å². The van der Waals surface area contributed by atoms with Gasteiger partial charge in [-0.3, -0.25) is 0 Å². The van der Waals surface area contributed by atoms with Gasteiger partial charge in [0.05, 0.1) is 13.2 Å². The summed E-state index contributed by atoms with van der Waals surface area (Å²) < 4.78 is 23.9. The second-order valence-corrected chi connectivity index (χ2v) is 6.44. The van der Waals surface area contributed by atoms with Crippen LogP contribution >= 0.6 is 0 Å². The fourth-order valence-corrected chi connectivity index (χ4v) is 3.33. The van der Waals surface area contributed by atoms with E-state index in [1.165, 1.54) is 0 Å². The van der Waals surface area contributed by atoms with E-state index in [1.807, 2.05) is 60.7 Å². The fraction of sp³-hybridized carbons (Fsp3) is 0.400.